The molecule has 2 aromatic rings. The van der Waals surface area contributed by atoms with Crippen LogP contribution in [0, 0.1) is 0 Å². The Hall–Kier alpha value is -2.48. The van der Waals surface area contributed by atoms with Crippen molar-refractivity contribution in [1.29, 1.82) is 0 Å². The van der Waals surface area contributed by atoms with Crippen LogP contribution in [0.4, 0.5) is 0 Å². The van der Waals surface area contributed by atoms with E-state index >= 15 is 0 Å². The quantitative estimate of drug-likeness (QED) is 0.850. The van der Waals surface area contributed by atoms with Gasteiger partial charge < -0.3 is 15.5 Å². The number of aromatic nitrogens is 1. The molecule has 2 saturated heterocycles. The Kier molecular flexibility index (Phi) is 5.30. The zero-order chi connectivity index (χ0) is 19.7. The Morgan fingerprint density at radius 3 is 2.93 bits per heavy atom. The zero-order valence-corrected chi connectivity index (χ0v) is 16.5. The first-order valence-electron chi connectivity index (χ1n) is 9.77. The van der Waals surface area contributed by atoms with Crippen molar-refractivity contribution in [3.05, 3.63) is 28.8 Å². The van der Waals surface area contributed by atoms with Gasteiger partial charge in [-0.1, -0.05) is 12.5 Å². The highest BCUT2D eigenvalue weighted by Crippen LogP contribution is 2.39. The smallest absolute Gasteiger partial charge is 0.259 e. The third-order valence-electron chi connectivity index (χ3n) is 5.68. The van der Waals surface area contributed by atoms with Crippen molar-refractivity contribution >= 4 is 39.3 Å². The van der Waals surface area contributed by atoms with Crippen LogP contribution < -0.4 is 5.73 Å². The van der Waals surface area contributed by atoms with Crippen LogP contribution in [0.2, 0.25) is 0 Å². The van der Waals surface area contributed by atoms with Crippen LogP contribution in [-0.4, -0.2) is 58.7 Å². The molecule has 148 valence electrons. The summed E-state index contributed by atoms with van der Waals surface area (Å²) in [5.74, 6) is -0.328. The first kappa shape index (κ1) is 18.9. The third-order valence-corrected chi connectivity index (χ3v) is 6.82. The second kappa shape index (κ2) is 7.87. The van der Waals surface area contributed by atoms with E-state index < -0.39 is 5.91 Å². The van der Waals surface area contributed by atoms with Gasteiger partial charge in [0.25, 0.3) is 5.91 Å². The Labute approximate surface area is 167 Å². The Balaban J connectivity index is 1.50. The van der Waals surface area contributed by atoms with E-state index in [1.54, 1.807) is 11.1 Å². The number of hydrogen-bond donors (Lipinski definition) is 1. The molecule has 28 heavy (non-hydrogen) atoms. The van der Waals surface area contributed by atoms with Gasteiger partial charge in [-0.25, -0.2) is 4.98 Å². The maximum atomic E-state index is 12.8. The van der Waals surface area contributed by atoms with Gasteiger partial charge in [-0.2, -0.15) is 0 Å². The summed E-state index contributed by atoms with van der Waals surface area (Å²) in [4.78, 5) is 46.1. The molecule has 0 unspecified atom stereocenters. The molecular formula is C20H24N4O3S. The number of thiophene rings is 1. The molecule has 0 aliphatic carbocycles. The van der Waals surface area contributed by atoms with Crippen LogP contribution in [-0.2, 0) is 9.59 Å². The minimum Gasteiger partial charge on any atom is -0.365 e. The minimum atomic E-state index is -0.446. The van der Waals surface area contributed by atoms with E-state index in [0.29, 0.717) is 30.9 Å². The summed E-state index contributed by atoms with van der Waals surface area (Å²) in [6, 6.07) is 3.81. The number of nitrogens with two attached hydrogens (primary N) is 1. The number of likely N-dealkylation sites (tertiary alicyclic amines) is 2. The fraction of sp³-hybridized carbons (Fsp3) is 0.500. The fourth-order valence-corrected chi connectivity index (χ4v) is 5.31. The molecule has 7 nitrogen and oxygen atoms in total. The molecule has 3 amide bonds. The Bertz CT molecular complexity index is 925. The van der Waals surface area contributed by atoms with Crippen LogP contribution in [0.25, 0.3) is 10.2 Å². The molecule has 4 heterocycles. The van der Waals surface area contributed by atoms with E-state index in [-0.39, 0.29) is 24.3 Å². The fourth-order valence-electron chi connectivity index (χ4n) is 4.23. The lowest BCUT2D eigenvalue weighted by Crippen LogP contribution is -2.41. The van der Waals surface area contributed by atoms with E-state index in [2.05, 4.69) is 4.98 Å². The zero-order valence-electron chi connectivity index (χ0n) is 15.7. The van der Waals surface area contributed by atoms with Gasteiger partial charge in [0, 0.05) is 43.6 Å². The lowest BCUT2D eigenvalue weighted by molar-refractivity contribution is -0.139. The SMILES string of the molecule is NC(=O)c1sc2ncccc2c1[C@@H]1CCN(C(=O)CN2CCCCCC2=O)C1. The van der Waals surface area contributed by atoms with Crippen LogP contribution >= 0.6 is 11.3 Å². The van der Waals surface area contributed by atoms with Crippen molar-refractivity contribution in [2.45, 2.75) is 38.0 Å². The molecule has 0 spiro atoms. The summed E-state index contributed by atoms with van der Waals surface area (Å²) >= 11 is 1.32. The maximum absolute atomic E-state index is 12.8. The molecule has 2 aliphatic heterocycles. The molecular weight excluding hydrogens is 376 g/mol. The van der Waals surface area contributed by atoms with Crippen LogP contribution in [0.1, 0.15) is 53.3 Å². The molecule has 0 bridgehead atoms. The standard InChI is InChI=1S/C20H24N4O3S/c21-19(27)18-17(14-5-4-8-22-20(14)28-18)13-7-10-24(11-13)16(26)12-23-9-3-1-2-6-15(23)25/h4-5,8,13H,1-3,6-7,9-12H2,(H2,21,27)/t13-/m1/s1. The normalized spacial score (nSPS) is 20.6. The van der Waals surface area contributed by atoms with E-state index in [1.807, 2.05) is 17.0 Å². The van der Waals surface area contributed by atoms with Gasteiger partial charge in [0.05, 0.1) is 11.4 Å². The number of carbonyl (C=O) groups is 3. The molecule has 8 heteroatoms. The predicted molar refractivity (Wildman–Crippen MR) is 107 cm³/mol. The molecule has 2 fully saturated rings. The number of nitrogens with zero attached hydrogens (tertiary/aromatic N) is 3. The molecule has 0 aromatic carbocycles. The highest BCUT2D eigenvalue weighted by Gasteiger charge is 2.33. The number of primary amides is 1. The van der Waals surface area contributed by atoms with Crippen molar-refractivity contribution in [2.75, 3.05) is 26.2 Å². The molecule has 0 saturated carbocycles. The second-order valence-electron chi connectivity index (χ2n) is 7.52. The van der Waals surface area contributed by atoms with Gasteiger partial charge in [0.2, 0.25) is 11.8 Å². The summed E-state index contributed by atoms with van der Waals surface area (Å²) in [6.45, 7) is 1.98. The van der Waals surface area contributed by atoms with Crippen LogP contribution in [0.15, 0.2) is 18.3 Å². The van der Waals surface area contributed by atoms with Gasteiger partial charge in [-0.15, -0.1) is 11.3 Å². The Morgan fingerprint density at radius 1 is 1.25 bits per heavy atom. The van der Waals surface area contributed by atoms with Crippen molar-refractivity contribution in [2.24, 2.45) is 5.73 Å². The van der Waals surface area contributed by atoms with Gasteiger partial charge >= 0.3 is 0 Å². The summed E-state index contributed by atoms with van der Waals surface area (Å²) < 4.78 is 0. The first-order valence-corrected chi connectivity index (χ1v) is 10.6. The number of rotatable bonds is 4. The second-order valence-corrected chi connectivity index (χ2v) is 8.52. The van der Waals surface area contributed by atoms with Crippen molar-refractivity contribution in [3.63, 3.8) is 0 Å². The molecule has 2 aliphatic rings. The van der Waals surface area contributed by atoms with Gasteiger partial charge in [0.1, 0.15) is 4.83 Å². The number of hydrogen-bond acceptors (Lipinski definition) is 5. The minimum absolute atomic E-state index is 0.0176. The maximum Gasteiger partial charge on any atom is 0.259 e. The number of fused-ring (bicyclic) bond motifs is 1. The summed E-state index contributed by atoms with van der Waals surface area (Å²) in [7, 11) is 0. The Morgan fingerprint density at radius 2 is 2.11 bits per heavy atom. The molecule has 4 rings (SSSR count). The van der Waals surface area contributed by atoms with Crippen molar-refractivity contribution in [3.8, 4) is 0 Å². The lowest BCUT2D eigenvalue weighted by atomic mass is 9.95. The molecule has 2 N–H and O–H groups in total. The number of pyridine rings is 1. The van der Waals surface area contributed by atoms with Gasteiger partial charge in [-0.05, 0) is 30.9 Å². The van der Waals surface area contributed by atoms with Crippen molar-refractivity contribution < 1.29 is 14.4 Å². The topological polar surface area (TPSA) is 96.6 Å². The average molecular weight is 401 g/mol. The first-order chi connectivity index (χ1) is 13.5. The highest BCUT2D eigenvalue weighted by atomic mass is 32.1. The van der Waals surface area contributed by atoms with Crippen LogP contribution in [0.3, 0.4) is 0 Å². The van der Waals surface area contributed by atoms with E-state index in [9.17, 15) is 14.4 Å². The summed E-state index contributed by atoms with van der Waals surface area (Å²) in [5.41, 5.74) is 6.53. The van der Waals surface area contributed by atoms with Crippen LogP contribution in [0.5, 0.6) is 0 Å². The predicted octanol–water partition coefficient (Wildman–Crippen LogP) is 2.11. The molecule has 2 aromatic heterocycles. The third kappa shape index (κ3) is 3.61. The highest BCUT2D eigenvalue weighted by molar-refractivity contribution is 7.20. The monoisotopic (exact) mass is 400 g/mol. The van der Waals surface area contributed by atoms with E-state index in [1.165, 1.54) is 11.3 Å². The van der Waals surface area contributed by atoms with Gasteiger partial charge in [0.15, 0.2) is 0 Å². The summed E-state index contributed by atoms with van der Waals surface area (Å²) in [6.07, 6.45) is 5.92. The molecule has 1 atom stereocenters. The van der Waals surface area contributed by atoms with Gasteiger partial charge in [-0.3, -0.25) is 14.4 Å². The average Bonchev–Trinajstić information content (AvgIpc) is 3.26. The molecule has 0 radical (unpaired) electrons. The summed E-state index contributed by atoms with van der Waals surface area (Å²) in [5, 5.41) is 0.947. The largest absolute Gasteiger partial charge is 0.365 e. The lowest BCUT2D eigenvalue weighted by Gasteiger charge is -2.24. The number of carbonyl (C=O) groups excluding carboxylic acids is 3. The van der Waals surface area contributed by atoms with Crippen molar-refractivity contribution in [1.82, 2.24) is 14.8 Å². The number of amides is 3. The van der Waals surface area contributed by atoms with E-state index in [4.69, 9.17) is 5.73 Å². The van der Waals surface area contributed by atoms with E-state index in [0.717, 1.165) is 41.5 Å².